The lowest BCUT2D eigenvalue weighted by Crippen LogP contribution is -1.89. The molecule has 0 unspecified atom stereocenters. The van der Waals surface area contributed by atoms with Crippen molar-refractivity contribution in [1.82, 2.24) is 4.98 Å². The molecule has 2 aromatic heterocycles. The number of pyridine rings is 1. The van der Waals surface area contributed by atoms with Crippen molar-refractivity contribution in [3.63, 3.8) is 0 Å². The predicted octanol–water partition coefficient (Wildman–Crippen LogP) is 3.73. The summed E-state index contributed by atoms with van der Waals surface area (Å²) in [4.78, 5) is 5.79. The van der Waals surface area contributed by atoms with E-state index in [0.717, 1.165) is 0 Å². The van der Waals surface area contributed by atoms with Crippen LogP contribution in [0.4, 0.5) is 0 Å². The summed E-state index contributed by atoms with van der Waals surface area (Å²) in [5.41, 5.74) is 1.19. The Labute approximate surface area is 82.4 Å². The van der Waals surface area contributed by atoms with Crippen LogP contribution in [0.25, 0.3) is 10.1 Å². The van der Waals surface area contributed by atoms with Crippen LogP contribution < -0.4 is 0 Å². The summed E-state index contributed by atoms with van der Waals surface area (Å²) in [6, 6.07) is 4.40. The monoisotopic (exact) mass is 191 g/mol. The van der Waals surface area contributed by atoms with Crippen LogP contribution in [-0.4, -0.2) is 4.98 Å². The SMILES string of the molecule is Cc1cc2cnc(C(C)C)cc2s1. The molecule has 0 radical (unpaired) electrons. The minimum Gasteiger partial charge on any atom is -0.260 e. The molecule has 0 atom stereocenters. The molecule has 0 aliphatic heterocycles. The molecular weight excluding hydrogens is 178 g/mol. The third-order valence-corrected chi connectivity index (χ3v) is 3.15. The Morgan fingerprint density at radius 2 is 2.08 bits per heavy atom. The van der Waals surface area contributed by atoms with Gasteiger partial charge in [0.25, 0.3) is 0 Å². The van der Waals surface area contributed by atoms with Crippen LogP contribution in [0.15, 0.2) is 18.3 Å². The van der Waals surface area contributed by atoms with Crippen molar-refractivity contribution in [3.8, 4) is 0 Å². The molecule has 0 aliphatic carbocycles. The minimum absolute atomic E-state index is 0.520. The second kappa shape index (κ2) is 3.11. The maximum absolute atomic E-state index is 4.43. The van der Waals surface area contributed by atoms with Crippen LogP contribution in [0.3, 0.4) is 0 Å². The van der Waals surface area contributed by atoms with E-state index in [4.69, 9.17) is 0 Å². The average molecular weight is 191 g/mol. The molecule has 13 heavy (non-hydrogen) atoms. The summed E-state index contributed by atoms with van der Waals surface area (Å²) in [7, 11) is 0. The minimum atomic E-state index is 0.520. The largest absolute Gasteiger partial charge is 0.260 e. The topological polar surface area (TPSA) is 12.9 Å². The van der Waals surface area contributed by atoms with Gasteiger partial charge in [0.05, 0.1) is 0 Å². The molecular formula is C11H13NS. The van der Waals surface area contributed by atoms with E-state index in [2.05, 4.69) is 37.9 Å². The van der Waals surface area contributed by atoms with Gasteiger partial charge in [0, 0.05) is 26.9 Å². The zero-order chi connectivity index (χ0) is 9.42. The number of thiophene rings is 1. The summed E-state index contributed by atoms with van der Waals surface area (Å²) >= 11 is 1.84. The molecule has 2 heterocycles. The maximum Gasteiger partial charge on any atom is 0.0443 e. The first kappa shape index (κ1) is 8.70. The fourth-order valence-corrected chi connectivity index (χ4v) is 2.34. The number of fused-ring (bicyclic) bond motifs is 1. The van der Waals surface area contributed by atoms with Crippen LogP contribution in [0.5, 0.6) is 0 Å². The van der Waals surface area contributed by atoms with E-state index in [9.17, 15) is 0 Å². The fraction of sp³-hybridized carbons (Fsp3) is 0.364. The van der Waals surface area contributed by atoms with Gasteiger partial charge in [0.2, 0.25) is 0 Å². The molecule has 0 fully saturated rings. The normalized spacial score (nSPS) is 11.4. The maximum atomic E-state index is 4.43. The van der Waals surface area contributed by atoms with Gasteiger partial charge in [-0.15, -0.1) is 11.3 Å². The summed E-state index contributed by atoms with van der Waals surface area (Å²) in [6.45, 7) is 6.49. The lowest BCUT2D eigenvalue weighted by atomic mass is 10.1. The van der Waals surface area contributed by atoms with Crippen molar-refractivity contribution >= 4 is 21.4 Å². The summed E-state index contributed by atoms with van der Waals surface area (Å²) < 4.78 is 1.36. The van der Waals surface area contributed by atoms with Crippen molar-refractivity contribution in [1.29, 1.82) is 0 Å². The number of hydrogen-bond donors (Lipinski definition) is 0. The van der Waals surface area contributed by atoms with Crippen LogP contribution in [0.1, 0.15) is 30.3 Å². The first-order valence-corrected chi connectivity index (χ1v) is 5.34. The first-order valence-electron chi connectivity index (χ1n) is 4.53. The summed E-state index contributed by atoms with van der Waals surface area (Å²) in [5, 5.41) is 1.27. The van der Waals surface area contributed by atoms with Crippen LogP contribution in [0.2, 0.25) is 0 Å². The lowest BCUT2D eigenvalue weighted by Gasteiger charge is -2.02. The van der Waals surface area contributed by atoms with Gasteiger partial charge >= 0.3 is 0 Å². The van der Waals surface area contributed by atoms with E-state index in [-0.39, 0.29) is 0 Å². The molecule has 2 heteroatoms. The van der Waals surface area contributed by atoms with Gasteiger partial charge in [-0.1, -0.05) is 13.8 Å². The highest BCUT2D eigenvalue weighted by Gasteiger charge is 2.03. The zero-order valence-electron chi connectivity index (χ0n) is 8.16. The number of hydrogen-bond acceptors (Lipinski definition) is 2. The van der Waals surface area contributed by atoms with Gasteiger partial charge in [-0.25, -0.2) is 0 Å². The van der Waals surface area contributed by atoms with Crippen molar-refractivity contribution in [2.75, 3.05) is 0 Å². The molecule has 0 saturated carbocycles. The van der Waals surface area contributed by atoms with Gasteiger partial charge < -0.3 is 0 Å². The van der Waals surface area contributed by atoms with Gasteiger partial charge in [0.15, 0.2) is 0 Å². The summed E-state index contributed by atoms with van der Waals surface area (Å²) in [6.07, 6.45) is 1.98. The second-order valence-corrected chi connectivity index (χ2v) is 4.95. The first-order chi connectivity index (χ1) is 6.16. The van der Waals surface area contributed by atoms with Gasteiger partial charge in [-0.2, -0.15) is 0 Å². The molecule has 0 N–H and O–H groups in total. The number of aryl methyl sites for hydroxylation is 1. The van der Waals surface area contributed by atoms with E-state index < -0.39 is 0 Å². The van der Waals surface area contributed by atoms with E-state index in [1.165, 1.54) is 20.7 Å². The Morgan fingerprint density at radius 1 is 1.31 bits per heavy atom. The van der Waals surface area contributed by atoms with Gasteiger partial charge in [-0.05, 0) is 25.0 Å². The van der Waals surface area contributed by atoms with E-state index in [1.54, 1.807) is 0 Å². The molecule has 0 amide bonds. The standard InChI is InChI=1S/C11H13NS/c1-7(2)10-5-11-9(6-12-10)4-8(3)13-11/h4-7H,1-3H3. The number of rotatable bonds is 1. The van der Waals surface area contributed by atoms with Crippen molar-refractivity contribution in [2.24, 2.45) is 0 Å². The number of nitrogens with zero attached hydrogens (tertiary/aromatic N) is 1. The molecule has 2 aromatic rings. The Kier molecular flexibility index (Phi) is 2.08. The Morgan fingerprint density at radius 3 is 2.77 bits per heavy atom. The fourth-order valence-electron chi connectivity index (χ4n) is 1.40. The highest BCUT2D eigenvalue weighted by molar-refractivity contribution is 7.19. The number of aromatic nitrogens is 1. The van der Waals surface area contributed by atoms with E-state index >= 15 is 0 Å². The Balaban J connectivity index is 2.61. The smallest absolute Gasteiger partial charge is 0.0443 e. The molecule has 0 aliphatic rings. The Hall–Kier alpha value is -0.890. The van der Waals surface area contributed by atoms with Gasteiger partial charge in [0.1, 0.15) is 0 Å². The van der Waals surface area contributed by atoms with E-state index in [1.807, 2.05) is 17.5 Å². The molecule has 0 bridgehead atoms. The zero-order valence-corrected chi connectivity index (χ0v) is 8.98. The molecule has 0 aromatic carbocycles. The Bertz CT molecular complexity index is 429. The van der Waals surface area contributed by atoms with Gasteiger partial charge in [-0.3, -0.25) is 4.98 Å². The molecule has 2 rings (SSSR count). The molecule has 1 nitrogen and oxygen atoms in total. The quantitative estimate of drug-likeness (QED) is 0.669. The third-order valence-electron chi connectivity index (χ3n) is 2.14. The average Bonchev–Trinajstić information content (AvgIpc) is 2.42. The molecule has 0 spiro atoms. The van der Waals surface area contributed by atoms with Crippen molar-refractivity contribution in [3.05, 3.63) is 28.9 Å². The van der Waals surface area contributed by atoms with Crippen molar-refractivity contribution < 1.29 is 0 Å². The van der Waals surface area contributed by atoms with Crippen LogP contribution >= 0.6 is 11.3 Å². The molecule has 68 valence electrons. The highest BCUT2D eigenvalue weighted by atomic mass is 32.1. The summed E-state index contributed by atoms with van der Waals surface area (Å²) in [5.74, 6) is 0.520. The third kappa shape index (κ3) is 1.59. The molecule has 0 saturated heterocycles. The lowest BCUT2D eigenvalue weighted by molar-refractivity contribution is 0.827. The highest BCUT2D eigenvalue weighted by Crippen LogP contribution is 2.26. The van der Waals surface area contributed by atoms with Crippen molar-refractivity contribution in [2.45, 2.75) is 26.7 Å². The predicted molar refractivity (Wildman–Crippen MR) is 58.4 cm³/mol. The van der Waals surface area contributed by atoms with Crippen LogP contribution in [-0.2, 0) is 0 Å². The van der Waals surface area contributed by atoms with Crippen LogP contribution in [0, 0.1) is 6.92 Å². The second-order valence-electron chi connectivity index (χ2n) is 3.66. The van der Waals surface area contributed by atoms with E-state index in [0.29, 0.717) is 5.92 Å².